The number of sulfonamides is 1. The van der Waals surface area contributed by atoms with Gasteiger partial charge in [-0.3, -0.25) is 4.72 Å². The Balaban J connectivity index is 1.96. The van der Waals surface area contributed by atoms with Gasteiger partial charge in [0.25, 0.3) is 10.0 Å². The van der Waals surface area contributed by atoms with Crippen molar-refractivity contribution in [3.63, 3.8) is 0 Å². The zero-order chi connectivity index (χ0) is 14.2. The predicted molar refractivity (Wildman–Crippen MR) is 83.5 cm³/mol. The van der Waals surface area contributed by atoms with Crippen molar-refractivity contribution in [2.24, 2.45) is 0 Å². The molecule has 2 aromatic carbocycles. The maximum atomic E-state index is 12.3. The van der Waals surface area contributed by atoms with Gasteiger partial charge in [0.05, 0.1) is 4.90 Å². The third kappa shape index (κ3) is 2.48. The van der Waals surface area contributed by atoms with E-state index in [0.717, 1.165) is 10.1 Å². The average molecular weight is 304 g/mol. The van der Waals surface area contributed by atoms with Gasteiger partial charge in [0.1, 0.15) is 0 Å². The lowest BCUT2D eigenvalue weighted by Gasteiger charge is -2.08. The number of thiophene rings is 1. The lowest BCUT2D eigenvalue weighted by atomic mass is 10.2. The van der Waals surface area contributed by atoms with E-state index in [2.05, 4.69) is 4.72 Å². The van der Waals surface area contributed by atoms with E-state index in [1.165, 1.54) is 12.1 Å². The number of anilines is 2. The van der Waals surface area contributed by atoms with Crippen LogP contribution in [0.1, 0.15) is 0 Å². The van der Waals surface area contributed by atoms with Gasteiger partial charge in [0.2, 0.25) is 0 Å². The molecule has 0 bridgehead atoms. The molecule has 0 radical (unpaired) electrons. The molecule has 0 aliphatic carbocycles. The number of nitrogens with two attached hydrogens (primary N) is 1. The molecule has 0 unspecified atom stereocenters. The molecule has 102 valence electrons. The van der Waals surface area contributed by atoms with Gasteiger partial charge in [-0.1, -0.05) is 6.07 Å². The molecule has 4 nitrogen and oxygen atoms in total. The second-order valence-electron chi connectivity index (χ2n) is 4.35. The molecule has 6 heteroatoms. The molecule has 0 spiro atoms. The van der Waals surface area contributed by atoms with Crippen LogP contribution >= 0.6 is 11.3 Å². The Labute approximate surface area is 120 Å². The number of rotatable bonds is 3. The van der Waals surface area contributed by atoms with Crippen LogP contribution in [0.25, 0.3) is 10.1 Å². The lowest BCUT2D eigenvalue weighted by Crippen LogP contribution is -2.13. The molecule has 1 heterocycles. The van der Waals surface area contributed by atoms with Gasteiger partial charge in [-0.25, -0.2) is 8.42 Å². The summed E-state index contributed by atoms with van der Waals surface area (Å²) in [5, 5.41) is 2.99. The molecule has 0 saturated heterocycles. The summed E-state index contributed by atoms with van der Waals surface area (Å²) >= 11 is 1.62. The molecule has 0 aliphatic rings. The van der Waals surface area contributed by atoms with E-state index in [0.29, 0.717) is 11.4 Å². The van der Waals surface area contributed by atoms with Crippen molar-refractivity contribution >= 4 is 42.8 Å². The van der Waals surface area contributed by atoms with Gasteiger partial charge >= 0.3 is 0 Å². The van der Waals surface area contributed by atoms with Crippen molar-refractivity contribution in [2.45, 2.75) is 4.90 Å². The number of hydrogen-bond acceptors (Lipinski definition) is 4. The molecule has 3 rings (SSSR count). The minimum atomic E-state index is -3.61. The Morgan fingerprint density at radius 2 is 1.90 bits per heavy atom. The zero-order valence-corrected chi connectivity index (χ0v) is 12.0. The molecule has 3 aromatic rings. The summed E-state index contributed by atoms with van der Waals surface area (Å²) in [5.41, 5.74) is 6.58. The highest BCUT2D eigenvalue weighted by molar-refractivity contribution is 7.92. The molecular formula is C14H12N2O2S2. The number of fused-ring (bicyclic) bond motifs is 1. The summed E-state index contributed by atoms with van der Waals surface area (Å²) in [4.78, 5) is 0.155. The van der Waals surface area contributed by atoms with Gasteiger partial charge < -0.3 is 5.73 Å². The number of hydrogen-bond donors (Lipinski definition) is 2. The Bertz CT molecular complexity index is 870. The molecule has 0 fully saturated rings. The van der Waals surface area contributed by atoms with Crippen molar-refractivity contribution in [2.75, 3.05) is 10.5 Å². The first-order chi connectivity index (χ1) is 9.54. The molecule has 0 atom stereocenters. The first-order valence-corrected chi connectivity index (χ1v) is 8.26. The molecule has 3 N–H and O–H groups in total. The van der Waals surface area contributed by atoms with Gasteiger partial charge in [0.15, 0.2) is 0 Å². The fraction of sp³-hybridized carbons (Fsp3) is 0. The fourth-order valence-corrected chi connectivity index (χ4v) is 3.80. The van der Waals surface area contributed by atoms with Crippen molar-refractivity contribution < 1.29 is 8.42 Å². The predicted octanol–water partition coefficient (Wildman–Crippen LogP) is 3.28. The Morgan fingerprint density at radius 1 is 1.05 bits per heavy atom. The topological polar surface area (TPSA) is 72.2 Å². The lowest BCUT2D eigenvalue weighted by molar-refractivity contribution is 0.601. The normalized spacial score (nSPS) is 11.6. The molecule has 20 heavy (non-hydrogen) atoms. The van der Waals surface area contributed by atoms with E-state index in [1.807, 2.05) is 23.6 Å². The monoisotopic (exact) mass is 304 g/mol. The smallest absolute Gasteiger partial charge is 0.261 e. The number of benzene rings is 2. The maximum absolute atomic E-state index is 12.3. The molecule has 1 aromatic heterocycles. The van der Waals surface area contributed by atoms with Crippen molar-refractivity contribution in [3.8, 4) is 0 Å². The van der Waals surface area contributed by atoms with Crippen LogP contribution in [-0.2, 0) is 10.0 Å². The van der Waals surface area contributed by atoms with E-state index in [-0.39, 0.29) is 4.90 Å². The SMILES string of the molecule is Nc1cccc(S(=O)(=O)Nc2ccc3sccc3c2)c1. The van der Waals surface area contributed by atoms with Crippen LogP contribution in [0.2, 0.25) is 0 Å². The van der Waals surface area contributed by atoms with Crippen LogP contribution in [0.5, 0.6) is 0 Å². The summed E-state index contributed by atoms with van der Waals surface area (Å²) in [6, 6.07) is 13.6. The highest BCUT2D eigenvalue weighted by Gasteiger charge is 2.14. The van der Waals surface area contributed by atoms with Crippen LogP contribution in [0.15, 0.2) is 58.8 Å². The minimum absolute atomic E-state index is 0.155. The van der Waals surface area contributed by atoms with E-state index < -0.39 is 10.0 Å². The van der Waals surface area contributed by atoms with Crippen LogP contribution < -0.4 is 10.5 Å². The number of nitrogen functional groups attached to an aromatic ring is 1. The standard InChI is InChI=1S/C14H12N2O2S2/c15-11-2-1-3-13(9-11)20(17,18)16-12-4-5-14-10(8-12)6-7-19-14/h1-9,16H,15H2. The van der Waals surface area contributed by atoms with Crippen LogP contribution in [0.3, 0.4) is 0 Å². The third-order valence-electron chi connectivity index (χ3n) is 2.87. The van der Waals surface area contributed by atoms with Crippen molar-refractivity contribution in [1.82, 2.24) is 0 Å². The summed E-state index contributed by atoms with van der Waals surface area (Å²) in [5.74, 6) is 0. The molecular weight excluding hydrogens is 292 g/mol. The third-order valence-corrected chi connectivity index (χ3v) is 5.15. The maximum Gasteiger partial charge on any atom is 0.261 e. The second-order valence-corrected chi connectivity index (χ2v) is 6.98. The van der Waals surface area contributed by atoms with Crippen LogP contribution in [0, 0.1) is 0 Å². The highest BCUT2D eigenvalue weighted by Crippen LogP contribution is 2.25. The quantitative estimate of drug-likeness (QED) is 0.729. The van der Waals surface area contributed by atoms with Gasteiger partial charge in [-0.15, -0.1) is 11.3 Å². The number of nitrogens with one attached hydrogen (secondary N) is 1. The van der Waals surface area contributed by atoms with Crippen molar-refractivity contribution in [1.29, 1.82) is 0 Å². The first-order valence-electron chi connectivity index (χ1n) is 5.90. The molecule has 0 aliphatic heterocycles. The van der Waals surface area contributed by atoms with E-state index in [9.17, 15) is 8.42 Å². The van der Waals surface area contributed by atoms with E-state index >= 15 is 0 Å². The molecule has 0 saturated carbocycles. The van der Waals surface area contributed by atoms with Gasteiger partial charge in [0, 0.05) is 16.1 Å². The largest absolute Gasteiger partial charge is 0.399 e. The summed E-state index contributed by atoms with van der Waals surface area (Å²) in [6.45, 7) is 0. The summed E-state index contributed by atoms with van der Waals surface area (Å²) in [6.07, 6.45) is 0. The Morgan fingerprint density at radius 3 is 2.70 bits per heavy atom. The van der Waals surface area contributed by atoms with Gasteiger partial charge in [-0.2, -0.15) is 0 Å². The Kier molecular flexibility index (Phi) is 3.11. The minimum Gasteiger partial charge on any atom is -0.399 e. The Hall–Kier alpha value is -2.05. The first kappa shape index (κ1) is 13.0. The zero-order valence-electron chi connectivity index (χ0n) is 10.4. The summed E-state index contributed by atoms with van der Waals surface area (Å²) in [7, 11) is -3.61. The van der Waals surface area contributed by atoms with E-state index in [1.54, 1.807) is 29.5 Å². The average Bonchev–Trinajstić information content (AvgIpc) is 2.85. The second kappa shape index (κ2) is 4.81. The fourth-order valence-electron chi connectivity index (χ4n) is 1.93. The van der Waals surface area contributed by atoms with Gasteiger partial charge in [-0.05, 0) is 53.2 Å². The summed E-state index contributed by atoms with van der Waals surface area (Å²) < 4.78 is 28.2. The van der Waals surface area contributed by atoms with Crippen molar-refractivity contribution in [3.05, 3.63) is 53.9 Å². The van der Waals surface area contributed by atoms with Crippen LogP contribution in [0.4, 0.5) is 11.4 Å². The molecule has 0 amide bonds. The van der Waals surface area contributed by atoms with Crippen LogP contribution in [-0.4, -0.2) is 8.42 Å². The highest BCUT2D eigenvalue weighted by atomic mass is 32.2. The van der Waals surface area contributed by atoms with E-state index in [4.69, 9.17) is 5.73 Å².